The molecule has 2 aromatic rings. The summed E-state index contributed by atoms with van der Waals surface area (Å²) in [5.74, 6) is 0.250. The van der Waals surface area contributed by atoms with Crippen LogP contribution in [0.1, 0.15) is 31.4 Å². The van der Waals surface area contributed by atoms with E-state index in [0.29, 0.717) is 36.5 Å². The third-order valence-corrected chi connectivity index (χ3v) is 4.68. The van der Waals surface area contributed by atoms with Gasteiger partial charge in [0.2, 0.25) is 5.91 Å². The standard InChI is InChI=1S/C20H22FNO4/c1-25-20(24)17-8-4-5-13-22(17)19(23)12-10-14-9-11-18(26-14)15-6-2-3-7-16(15)21/h2-3,6-7,9,11,17H,4-5,8,10,12-13H2,1H3. The molecule has 1 aromatic heterocycles. The lowest BCUT2D eigenvalue weighted by molar-refractivity contribution is -0.154. The maximum Gasteiger partial charge on any atom is 0.328 e. The SMILES string of the molecule is COC(=O)C1CCCCN1C(=O)CCc1ccc(-c2ccccc2F)o1. The first-order chi connectivity index (χ1) is 12.6. The van der Waals surface area contributed by atoms with Crippen molar-refractivity contribution >= 4 is 11.9 Å². The zero-order valence-electron chi connectivity index (χ0n) is 14.7. The fourth-order valence-corrected chi connectivity index (χ4v) is 3.30. The highest BCUT2D eigenvalue weighted by Gasteiger charge is 2.32. The third-order valence-electron chi connectivity index (χ3n) is 4.68. The van der Waals surface area contributed by atoms with E-state index in [0.717, 1.165) is 12.8 Å². The molecule has 0 bridgehead atoms. The monoisotopic (exact) mass is 359 g/mol. The van der Waals surface area contributed by atoms with Gasteiger partial charge in [0.25, 0.3) is 0 Å². The van der Waals surface area contributed by atoms with Crippen molar-refractivity contribution in [2.45, 2.75) is 38.1 Å². The number of likely N-dealkylation sites (tertiary alicyclic amines) is 1. The average molecular weight is 359 g/mol. The second kappa shape index (κ2) is 8.17. The number of hydrogen-bond donors (Lipinski definition) is 0. The van der Waals surface area contributed by atoms with Crippen molar-refractivity contribution in [2.24, 2.45) is 0 Å². The Morgan fingerprint density at radius 3 is 2.81 bits per heavy atom. The largest absolute Gasteiger partial charge is 0.467 e. The Labute approximate surface area is 151 Å². The molecule has 0 radical (unpaired) electrons. The van der Waals surface area contributed by atoms with Crippen LogP contribution in [0.4, 0.5) is 4.39 Å². The van der Waals surface area contributed by atoms with Crippen LogP contribution in [0.5, 0.6) is 0 Å². The van der Waals surface area contributed by atoms with Gasteiger partial charge in [0.15, 0.2) is 0 Å². The van der Waals surface area contributed by atoms with Crippen molar-refractivity contribution in [2.75, 3.05) is 13.7 Å². The number of carbonyl (C=O) groups excluding carboxylic acids is 2. The van der Waals surface area contributed by atoms with Crippen LogP contribution in [0.3, 0.4) is 0 Å². The minimum Gasteiger partial charge on any atom is -0.467 e. The first-order valence-corrected chi connectivity index (χ1v) is 8.81. The maximum atomic E-state index is 13.8. The number of furan rings is 1. The lowest BCUT2D eigenvalue weighted by Gasteiger charge is -2.33. The molecule has 0 aliphatic carbocycles. The molecule has 0 saturated carbocycles. The Bertz CT molecular complexity index is 786. The van der Waals surface area contributed by atoms with E-state index < -0.39 is 6.04 Å². The number of methoxy groups -OCH3 is 1. The van der Waals surface area contributed by atoms with Crippen molar-refractivity contribution in [1.82, 2.24) is 4.90 Å². The van der Waals surface area contributed by atoms with Crippen molar-refractivity contribution < 1.29 is 23.1 Å². The maximum absolute atomic E-state index is 13.8. The first kappa shape index (κ1) is 18.2. The van der Waals surface area contributed by atoms with E-state index in [-0.39, 0.29) is 24.1 Å². The van der Waals surface area contributed by atoms with E-state index in [2.05, 4.69) is 0 Å². The van der Waals surface area contributed by atoms with Crippen LogP contribution in [-0.2, 0) is 20.7 Å². The molecule has 5 nitrogen and oxygen atoms in total. The van der Waals surface area contributed by atoms with Gasteiger partial charge in [-0.3, -0.25) is 4.79 Å². The van der Waals surface area contributed by atoms with Crippen LogP contribution >= 0.6 is 0 Å². The molecule has 3 rings (SSSR count). The number of carbonyl (C=O) groups is 2. The number of amides is 1. The fourth-order valence-electron chi connectivity index (χ4n) is 3.30. The summed E-state index contributed by atoms with van der Waals surface area (Å²) < 4.78 is 24.3. The number of aryl methyl sites for hydroxylation is 1. The molecular weight excluding hydrogens is 337 g/mol. The zero-order valence-corrected chi connectivity index (χ0v) is 14.7. The van der Waals surface area contributed by atoms with Crippen LogP contribution in [0.25, 0.3) is 11.3 Å². The van der Waals surface area contributed by atoms with Gasteiger partial charge in [-0.25, -0.2) is 9.18 Å². The van der Waals surface area contributed by atoms with Crippen LogP contribution in [0, 0.1) is 5.82 Å². The number of halogens is 1. The van der Waals surface area contributed by atoms with Crippen LogP contribution in [0.15, 0.2) is 40.8 Å². The van der Waals surface area contributed by atoms with E-state index in [1.54, 1.807) is 35.2 Å². The number of rotatable bonds is 5. The number of nitrogens with zero attached hydrogens (tertiary/aromatic N) is 1. The highest BCUT2D eigenvalue weighted by Crippen LogP contribution is 2.26. The number of ether oxygens (including phenoxy) is 1. The van der Waals surface area contributed by atoms with Gasteiger partial charge >= 0.3 is 5.97 Å². The molecule has 1 amide bonds. The summed E-state index contributed by atoms with van der Waals surface area (Å²) in [5.41, 5.74) is 0.395. The molecule has 1 unspecified atom stereocenters. The summed E-state index contributed by atoms with van der Waals surface area (Å²) in [6.07, 6.45) is 3.07. The van der Waals surface area contributed by atoms with Crippen molar-refractivity contribution in [3.05, 3.63) is 48.0 Å². The van der Waals surface area contributed by atoms with Gasteiger partial charge in [0.1, 0.15) is 23.4 Å². The third kappa shape index (κ3) is 3.95. The Balaban J connectivity index is 1.63. The quantitative estimate of drug-likeness (QED) is 0.766. The van der Waals surface area contributed by atoms with Gasteiger partial charge in [-0.15, -0.1) is 0 Å². The van der Waals surface area contributed by atoms with E-state index in [1.165, 1.54) is 13.2 Å². The van der Waals surface area contributed by atoms with Crippen molar-refractivity contribution in [3.8, 4) is 11.3 Å². The molecule has 1 fully saturated rings. The van der Waals surface area contributed by atoms with Gasteiger partial charge in [0, 0.05) is 19.4 Å². The summed E-state index contributed by atoms with van der Waals surface area (Å²) in [6.45, 7) is 0.567. The van der Waals surface area contributed by atoms with E-state index in [1.807, 2.05) is 0 Å². The Morgan fingerprint density at radius 2 is 2.04 bits per heavy atom. The van der Waals surface area contributed by atoms with E-state index >= 15 is 0 Å². The Kier molecular flexibility index (Phi) is 5.71. The lowest BCUT2D eigenvalue weighted by atomic mass is 10.0. The minimum absolute atomic E-state index is 0.0936. The van der Waals surface area contributed by atoms with Crippen LogP contribution in [0.2, 0.25) is 0 Å². The Hall–Kier alpha value is -2.63. The summed E-state index contributed by atoms with van der Waals surface area (Å²) in [7, 11) is 1.34. The Morgan fingerprint density at radius 1 is 1.23 bits per heavy atom. The molecule has 26 heavy (non-hydrogen) atoms. The molecule has 0 spiro atoms. The van der Waals surface area contributed by atoms with Crippen LogP contribution < -0.4 is 0 Å². The van der Waals surface area contributed by atoms with E-state index in [4.69, 9.17) is 9.15 Å². The molecule has 2 heterocycles. The minimum atomic E-state index is -0.494. The normalized spacial score (nSPS) is 17.2. The highest BCUT2D eigenvalue weighted by atomic mass is 19.1. The molecule has 6 heteroatoms. The molecule has 1 aromatic carbocycles. The van der Waals surface area contributed by atoms with Gasteiger partial charge in [-0.1, -0.05) is 12.1 Å². The first-order valence-electron chi connectivity index (χ1n) is 8.81. The van der Waals surface area contributed by atoms with Gasteiger partial charge < -0.3 is 14.1 Å². The van der Waals surface area contributed by atoms with Gasteiger partial charge in [-0.2, -0.15) is 0 Å². The molecule has 1 aliphatic heterocycles. The number of hydrogen-bond acceptors (Lipinski definition) is 4. The predicted molar refractivity (Wildman–Crippen MR) is 93.8 cm³/mol. The second-order valence-corrected chi connectivity index (χ2v) is 6.37. The molecule has 138 valence electrons. The zero-order chi connectivity index (χ0) is 18.5. The summed E-state index contributed by atoms with van der Waals surface area (Å²) >= 11 is 0. The number of benzene rings is 1. The summed E-state index contributed by atoms with van der Waals surface area (Å²) in [4.78, 5) is 26.0. The predicted octanol–water partition coefficient (Wildman–Crippen LogP) is 3.57. The molecular formula is C20H22FNO4. The number of esters is 1. The van der Waals surface area contributed by atoms with Gasteiger partial charge in [0.05, 0.1) is 12.7 Å². The highest BCUT2D eigenvalue weighted by molar-refractivity contribution is 5.84. The molecule has 1 saturated heterocycles. The smallest absolute Gasteiger partial charge is 0.328 e. The van der Waals surface area contributed by atoms with E-state index in [9.17, 15) is 14.0 Å². The van der Waals surface area contributed by atoms with Gasteiger partial charge in [-0.05, 0) is 43.5 Å². The molecule has 0 N–H and O–H groups in total. The molecule has 1 aliphatic rings. The summed E-state index contributed by atoms with van der Waals surface area (Å²) in [6, 6.07) is 9.36. The average Bonchev–Trinajstić information content (AvgIpc) is 3.14. The number of piperidine rings is 1. The van der Waals surface area contributed by atoms with Crippen molar-refractivity contribution in [1.29, 1.82) is 0 Å². The fraction of sp³-hybridized carbons (Fsp3) is 0.400. The van der Waals surface area contributed by atoms with Crippen LogP contribution in [-0.4, -0.2) is 36.5 Å². The lowest BCUT2D eigenvalue weighted by Crippen LogP contribution is -2.48. The van der Waals surface area contributed by atoms with Crippen molar-refractivity contribution in [3.63, 3.8) is 0 Å². The topological polar surface area (TPSA) is 59.8 Å². The molecule has 1 atom stereocenters. The second-order valence-electron chi connectivity index (χ2n) is 6.37. The summed E-state index contributed by atoms with van der Waals surface area (Å²) in [5, 5.41) is 0.